The Kier molecular flexibility index (Phi) is 5.97. The lowest BCUT2D eigenvalue weighted by molar-refractivity contribution is -0.130. The van der Waals surface area contributed by atoms with Crippen molar-refractivity contribution in [2.75, 3.05) is 18.0 Å². The third-order valence-corrected chi connectivity index (χ3v) is 10.4. The van der Waals surface area contributed by atoms with Gasteiger partial charge in [0, 0.05) is 25.0 Å². The summed E-state index contributed by atoms with van der Waals surface area (Å²) < 4.78 is 16.1. The lowest BCUT2D eigenvalue weighted by Gasteiger charge is -2.59. The summed E-state index contributed by atoms with van der Waals surface area (Å²) in [6.07, 6.45) is 9.93. The Hall–Kier alpha value is -2.89. The molecule has 1 aliphatic heterocycles. The molecular formula is C32H39FN4O. The fourth-order valence-electron chi connectivity index (χ4n) is 8.81. The van der Waals surface area contributed by atoms with Gasteiger partial charge in [0.2, 0.25) is 11.9 Å². The lowest BCUT2D eigenvalue weighted by atomic mass is 9.48. The highest BCUT2D eigenvalue weighted by Crippen LogP contribution is 2.61. The Morgan fingerprint density at radius 2 is 1.71 bits per heavy atom. The molecule has 0 spiro atoms. The first-order valence-electron chi connectivity index (χ1n) is 14.7. The SMILES string of the molecule is C[C@@H](NC(=O)C1CCN(c2nc3ccccc3n2Cc2cccc(F)c2)CC1)C12CC3CC(CC(C3)C1)C2. The number of carbonyl (C=O) groups excluding carboxylic acids is 1. The van der Waals surface area contributed by atoms with E-state index in [1.165, 1.54) is 44.6 Å². The number of imidazole rings is 1. The van der Waals surface area contributed by atoms with Crippen LogP contribution in [0.1, 0.15) is 63.9 Å². The quantitative estimate of drug-likeness (QED) is 0.429. The van der Waals surface area contributed by atoms with E-state index in [4.69, 9.17) is 4.98 Å². The number of rotatable bonds is 6. The van der Waals surface area contributed by atoms with E-state index in [2.05, 4.69) is 27.8 Å². The van der Waals surface area contributed by atoms with Gasteiger partial charge in [-0.15, -0.1) is 0 Å². The van der Waals surface area contributed by atoms with Crippen LogP contribution in [0.5, 0.6) is 0 Å². The van der Waals surface area contributed by atoms with Crippen molar-refractivity contribution in [3.8, 4) is 0 Å². The molecule has 0 radical (unpaired) electrons. The molecule has 5 fully saturated rings. The standard InChI is InChI=1S/C32H39FN4O/c1-21(32-17-23-13-24(18-32)15-25(14-23)19-32)34-30(38)26-9-11-36(12-10-26)31-35-28-7-2-3-8-29(28)37(31)20-22-5-4-6-27(33)16-22/h2-8,16,21,23-26H,9-15,17-20H2,1H3,(H,34,38)/t21-,23?,24?,25?,32?/m1/s1. The predicted octanol–water partition coefficient (Wildman–Crippen LogP) is 6.16. The van der Waals surface area contributed by atoms with Crippen LogP contribution in [-0.4, -0.2) is 34.6 Å². The smallest absolute Gasteiger partial charge is 0.223 e. The van der Waals surface area contributed by atoms with Crippen LogP contribution >= 0.6 is 0 Å². The summed E-state index contributed by atoms with van der Waals surface area (Å²) in [5.41, 5.74) is 3.26. The monoisotopic (exact) mass is 514 g/mol. The summed E-state index contributed by atoms with van der Waals surface area (Å²) in [7, 11) is 0. The van der Waals surface area contributed by atoms with Crippen molar-refractivity contribution in [1.82, 2.24) is 14.9 Å². The van der Waals surface area contributed by atoms with E-state index in [1.54, 1.807) is 12.1 Å². The summed E-state index contributed by atoms with van der Waals surface area (Å²) in [5.74, 6) is 3.70. The highest BCUT2D eigenvalue weighted by molar-refractivity contribution is 5.80. The second kappa shape index (κ2) is 9.39. The third-order valence-electron chi connectivity index (χ3n) is 10.4. The van der Waals surface area contributed by atoms with Crippen LogP contribution in [0.15, 0.2) is 48.5 Å². The molecule has 3 aromatic rings. The molecule has 1 saturated heterocycles. The lowest BCUT2D eigenvalue weighted by Crippen LogP contribution is -2.56. The van der Waals surface area contributed by atoms with Gasteiger partial charge in [0.15, 0.2) is 0 Å². The van der Waals surface area contributed by atoms with Gasteiger partial charge in [0.1, 0.15) is 5.82 Å². The maximum Gasteiger partial charge on any atom is 0.223 e. The molecule has 4 aliphatic carbocycles. The number of anilines is 1. The highest BCUT2D eigenvalue weighted by atomic mass is 19.1. The van der Waals surface area contributed by atoms with Crippen LogP contribution in [0.2, 0.25) is 0 Å². The van der Waals surface area contributed by atoms with E-state index in [0.717, 1.165) is 66.2 Å². The molecule has 4 bridgehead atoms. The van der Waals surface area contributed by atoms with Crippen molar-refractivity contribution in [2.45, 2.75) is 70.9 Å². The second-order valence-electron chi connectivity index (χ2n) is 12.9. The Bertz CT molecular complexity index is 1300. The number of nitrogens with zero attached hydrogens (tertiary/aromatic N) is 3. The third kappa shape index (κ3) is 4.30. The number of amides is 1. The Morgan fingerprint density at radius 3 is 2.39 bits per heavy atom. The molecule has 1 amide bonds. The minimum Gasteiger partial charge on any atom is -0.353 e. The molecule has 0 unspecified atom stereocenters. The van der Waals surface area contributed by atoms with E-state index in [0.29, 0.717) is 12.0 Å². The summed E-state index contributed by atoms with van der Waals surface area (Å²) in [6.45, 7) is 4.46. The van der Waals surface area contributed by atoms with Crippen molar-refractivity contribution in [1.29, 1.82) is 0 Å². The fourth-order valence-corrected chi connectivity index (χ4v) is 8.81. The molecule has 38 heavy (non-hydrogen) atoms. The number of carbonyl (C=O) groups is 1. The number of aromatic nitrogens is 2. The van der Waals surface area contributed by atoms with Crippen LogP contribution in [0.4, 0.5) is 10.3 Å². The number of hydrogen-bond donors (Lipinski definition) is 1. The van der Waals surface area contributed by atoms with Crippen molar-refractivity contribution in [2.24, 2.45) is 29.1 Å². The summed E-state index contributed by atoms with van der Waals surface area (Å²) in [5, 5.41) is 3.52. The summed E-state index contributed by atoms with van der Waals surface area (Å²) in [4.78, 5) is 20.7. The predicted molar refractivity (Wildman–Crippen MR) is 148 cm³/mol. The molecule has 200 valence electrons. The minimum absolute atomic E-state index is 0.0589. The van der Waals surface area contributed by atoms with Gasteiger partial charge >= 0.3 is 0 Å². The van der Waals surface area contributed by atoms with Crippen LogP contribution < -0.4 is 10.2 Å². The first-order valence-corrected chi connectivity index (χ1v) is 14.7. The van der Waals surface area contributed by atoms with E-state index in [-0.39, 0.29) is 23.7 Å². The van der Waals surface area contributed by atoms with E-state index in [1.807, 2.05) is 24.3 Å². The fraction of sp³-hybridized carbons (Fsp3) is 0.562. The van der Waals surface area contributed by atoms with Crippen molar-refractivity contribution in [3.05, 3.63) is 59.9 Å². The van der Waals surface area contributed by atoms with Crippen LogP contribution in [0.25, 0.3) is 11.0 Å². The van der Waals surface area contributed by atoms with Crippen molar-refractivity contribution >= 4 is 22.9 Å². The molecule has 5 nitrogen and oxygen atoms in total. The second-order valence-corrected chi connectivity index (χ2v) is 12.9. The largest absolute Gasteiger partial charge is 0.353 e. The van der Waals surface area contributed by atoms with Gasteiger partial charge in [0.05, 0.1) is 17.6 Å². The van der Waals surface area contributed by atoms with Gasteiger partial charge in [-0.3, -0.25) is 4.79 Å². The minimum atomic E-state index is -0.219. The molecule has 2 aromatic carbocycles. The van der Waals surface area contributed by atoms with Crippen LogP contribution in [0, 0.1) is 34.9 Å². The highest BCUT2D eigenvalue weighted by Gasteiger charge is 2.53. The number of piperidine rings is 1. The Labute approximate surface area is 224 Å². The average Bonchev–Trinajstić information content (AvgIpc) is 3.26. The first-order chi connectivity index (χ1) is 18.5. The van der Waals surface area contributed by atoms with E-state index >= 15 is 0 Å². The molecular weight excluding hydrogens is 475 g/mol. The maximum absolute atomic E-state index is 13.9. The van der Waals surface area contributed by atoms with Gasteiger partial charge < -0.3 is 14.8 Å². The first kappa shape index (κ1) is 24.2. The van der Waals surface area contributed by atoms with Gasteiger partial charge in [-0.25, -0.2) is 9.37 Å². The molecule has 1 atom stereocenters. The average molecular weight is 515 g/mol. The number of hydrogen-bond acceptors (Lipinski definition) is 3. The van der Waals surface area contributed by atoms with Gasteiger partial charge in [0.25, 0.3) is 0 Å². The van der Waals surface area contributed by atoms with Crippen LogP contribution in [-0.2, 0) is 11.3 Å². The summed E-state index contributed by atoms with van der Waals surface area (Å²) in [6, 6.07) is 15.2. The Balaban J connectivity index is 1.04. The van der Waals surface area contributed by atoms with Gasteiger partial charge in [-0.2, -0.15) is 0 Å². The molecule has 2 heterocycles. The van der Waals surface area contributed by atoms with E-state index < -0.39 is 0 Å². The summed E-state index contributed by atoms with van der Waals surface area (Å²) >= 11 is 0. The zero-order valence-corrected chi connectivity index (χ0v) is 22.4. The van der Waals surface area contributed by atoms with Crippen molar-refractivity contribution in [3.63, 3.8) is 0 Å². The topological polar surface area (TPSA) is 50.2 Å². The number of para-hydroxylation sites is 2. The van der Waals surface area contributed by atoms with Crippen LogP contribution in [0.3, 0.4) is 0 Å². The normalized spacial score (nSPS) is 29.6. The van der Waals surface area contributed by atoms with Crippen molar-refractivity contribution < 1.29 is 9.18 Å². The number of benzene rings is 2. The van der Waals surface area contributed by atoms with E-state index in [9.17, 15) is 9.18 Å². The van der Waals surface area contributed by atoms with Gasteiger partial charge in [-0.1, -0.05) is 24.3 Å². The maximum atomic E-state index is 13.9. The zero-order chi connectivity index (χ0) is 25.9. The molecule has 4 saturated carbocycles. The number of fused-ring (bicyclic) bond motifs is 1. The molecule has 8 rings (SSSR count). The molecule has 5 aliphatic rings. The Morgan fingerprint density at radius 1 is 1.03 bits per heavy atom. The molecule has 1 N–H and O–H groups in total. The zero-order valence-electron chi connectivity index (χ0n) is 22.4. The number of nitrogens with one attached hydrogen (secondary N) is 1. The molecule has 6 heteroatoms. The molecule has 1 aromatic heterocycles. The van der Waals surface area contributed by atoms with Gasteiger partial charge in [-0.05, 0) is 111 Å². The number of halogens is 1.